The zero-order valence-electron chi connectivity index (χ0n) is 7.96. The van der Waals surface area contributed by atoms with Crippen molar-refractivity contribution in [3.05, 3.63) is 41.4 Å². The number of benzene rings is 1. The topological polar surface area (TPSA) is 12.0 Å². The van der Waals surface area contributed by atoms with Gasteiger partial charge in [-0.2, -0.15) is 0 Å². The van der Waals surface area contributed by atoms with E-state index in [0.717, 1.165) is 23.0 Å². The second-order valence-corrected chi connectivity index (χ2v) is 4.11. The van der Waals surface area contributed by atoms with Crippen LogP contribution in [0.25, 0.3) is 0 Å². The molecule has 0 unspecified atom stereocenters. The lowest BCUT2D eigenvalue weighted by Crippen LogP contribution is -2.04. The van der Waals surface area contributed by atoms with Crippen molar-refractivity contribution >= 4 is 24.2 Å². The zero-order valence-corrected chi connectivity index (χ0v) is 9.61. The molecular formula is C11H14ClNS. The molecule has 0 spiro atoms. The first kappa shape index (κ1) is 11.6. The molecule has 1 N–H and O–H groups in total. The van der Waals surface area contributed by atoms with E-state index in [9.17, 15) is 0 Å². The second kappa shape index (κ2) is 6.12. The zero-order chi connectivity index (χ0) is 10.4. The first-order valence-electron chi connectivity index (χ1n) is 4.50. The van der Waals surface area contributed by atoms with Crippen LogP contribution in [0, 0.1) is 0 Å². The Morgan fingerprint density at radius 1 is 1.29 bits per heavy atom. The van der Waals surface area contributed by atoms with Gasteiger partial charge in [-0.25, -0.2) is 0 Å². The van der Waals surface area contributed by atoms with Gasteiger partial charge in [0, 0.05) is 16.5 Å². The molecule has 1 aromatic carbocycles. The molecule has 3 heteroatoms. The number of rotatable bonds is 0. The Kier molecular flexibility index (Phi) is 5.09. The summed E-state index contributed by atoms with van der Waals surface area (Å²) in [6.07, 6.45) is 1.18. The molecule has 1 aliphatic heterocycles. The van der Waals surface area contributed by atoms with Crippen LogP contribution in [0.3, 0.4) is 0 Å². The van der Waals surface area contributed by atoms with E-state index in [0.29, 0.717) is 0 Å². The highest BCUT2D eigenvalue weighted by molar-refractivity contribution is 7.80. The molecule has 1 aliphatic rings. The van der Waals surface area contributed by atoms with Crippen molar-refractivity contribution in [2.75, 3.05) is 13.1 Å². The molecule has 14 heavy (non-hydrogen) atoms. The lowest BCUT2D eigenvalue weighted by molar-refractivity contribution is 0.862. The predicted octanol–water partition coefficient (Wildman–Crippen LogP) is 3.16. The fourth-order valence-electron chi connectivity index (χ4n) is 1.06. The molecule has 0 atom stereocenters. The minimum Gasteiger partial charge on any atom is -0.313 e. The minimum absolute atomic E-state index is 0.753. The van der Waals surface area contributed by atoms with Gasteiger partial charge in [0.05, 0.1) is 0 Å². The highest BCUT2D eigenvalue weighted by Crippen LogP contribution is 2.11. The van der Waals surface area contributed by atoms with Gasteiger partial charge in [-0.05, 0) is 37.2 Å². The van der Waals surface area contributed by atoms with E-state index in [1.165, 1.54) is 12.0 Å². The molecule has 0 amide bonds. The predicted molar refractivity (Wildman–Crippen MR) is 65.3 cm³/mol. The van der Waals surface area contributed by atoms with Gasteiger partial charge in [-0.1, -0.05) is 23.8 Å². The van der Waals surface area contributed by atoms with Crippen LogP contribution in [0.1, 0.15) is 6.42 Å². The third kappa shape index (κ3) is 4.70. The SMILES string of the molecule is C=C1CCNC1.Sc1ccc(Cl)cc1. The van der Waals surface area contributed by atoms with Crippen molar-refractivity contribution in [3.63, 3.8) is 0 Å². The van der Waals surface area contributed by atoms with E-state index >= 15 is 0 Å². The van der Waals surface area contributed by atoms with Gasteiger partial charge < -0.3 is 5.32 Å². The molecule has 1 heterocycles. The molecule has 2 rings (SSSR count). The van der Waals surface area contributed by atoms with E-state index in [1.54, 1.807) is 0 Å². The first-order chi connectivity index (χ1) is 6.68. The molecule has 1 fully saturated rings. The van der Waals surface area contributed by atoms with Crippen molar-refractivity contribution in [2.24, 2.45) is 0 Å². The Labute approximate surface area is 95.6 Å². The van der Waals surface area contributed by atoms with E-state index in [2.05, 4.69) is 24.5 Å². The van der Waals surface area contributed by atoms with E-state index in [-0.39, 0.29) is 0 Å². The van der Waals surface area contributed by atoms with Crippen molar-refractivity contribution in [1.82, 2.24) is 5.32 Å². The quantitative estimate of drug-likeness (QED) is 0.513. The van der Waals surface area contributed by atoms with Gasteiger partial charge in [-0.15, -0.1) is 12.6 Å². The summed E-state index contributed by atoms with van der Waals surface area (Å²) in [5.74, 6) is 0. The third-order valence-corrected chi connectivity index (χ3v) is 2.41. The van der Waals surface area contributed by atoms with Gasteiger partial charge in [0.2, 0.25) is 0 Å². The summed E-state index contributed by atoms with van der Waals surface area (Å²) in [5.41, 5.74) is 1.34. The van der Waals surface area contributed by atoms with E-state index in [1.807, 2.05) is 24.3 Å². The smallest absolute Gasteiger partial charge is 0.0406 e. The van der Waals surface area contributed by atoms with Crippen LogP contribution < -0.4 is 5.32 Å². The van der Waals surface area contributed by atoms with Gasteiger partial charge >= 0.3 is 0 Å². The summed E-state index contributed by atoms with van der Waals surface area (Å²) >= 11 is 9.65. The minimum atomic E-state index is 0.753. The Morgan fingerprint density at radius 3 is 2.21 bits per heavy atom. The molecule has 0 aliphatic carbocycles. The average Bonchev–Trinajstić information content (AvgIpc) is 2.63. The van der Waals surface area contributed by atoms with Crippen molar-refractivity contribution in [3.8, 4) is 0 Å². The van der Waals surface area contributed by atoms with E-state index in [4.69, 9.17) is 11.6 Å². The monoisotopic (exact) mass is 227 g/mol. The average molecular weight is 228 g/mol. The number of nitrogens with one attached hydrogen (secondary N) is 1. The Morgan fingerprint density at radius 2 is 1.93 bits per heavy atom. The van der Waals surface area contributed by atoms with Crippen LogP contribution in [0.4, 0.5) is 0 Å². The molecule has 76 valence electrons. The highest BCUT2D eigenvalue weighted by Gasteiger charge is 1.99. The third-order valence-electron chi connectivity index (χ3n) is 1.86. The molecule has 1 saturated heterocycles. The van der Waals surface area contributed by atoms with Gasteiger partial charge in [0.25, 0.3) is 0 Å². The fourth-order valence-corrected chi connectivity index (χ4v) is 1.33. The maximum atomic E-state index is 5.58. The number of halogens is 1. The maximum absolute atomic E-state index is 5.58. The summed E-state index contributed by atoms with van der Waals surface area (Å²) in [4.78, 5) is 0.939. The second-order valence-electron chi connectivity index (χ2n) is 3.15. The lowest BCUT2D eigenvalue weighted by Gasteiger charge is -1.87. The van der Waals surface area contributed by atoms with Crippen LogP contribution >= 0.6 is 24.2 Å². The molecule has 0 bridgehead atoms. The largest absolute Gasteiger partial charge is 0.313 e. The molecule has 0 saturated carbocycles. The van der Waals surface area contributed by atoms with Crippen LogP contribution in [-0.4, -0.2) is 13.1 Å². The summed E-state index contributed by atoms with van der Waals surface area (Å²) in [7, 11) is 0. The normalized spacial score (nSPS) is 14.9. The summed E-state index contributed by atoms with van der Waals surface area (Å²) in [6.45, 7) is 5.97. The Bertz CT molecular complexity index is 266. The van der Waals surface area contributed by atoms with Crippen molar-refractivity contribution in [1.29, 1.82) is 0 Å². The number of hydrogen-bond donors (Lipinski definition) is 2. The number of hydrogen-bond acceptors (Lipinski definition) is 2. The summed E-state index contributed by atoms with van der Waals surface area (Å²) in [5, 5.41) is 3.93. The molecular weight excluding hydrogens is 214 g/mol. The summed E-state index contributed by atoms with van der Waals surface area (Å²) in [6, 6.07) is 7.32. The van der Waals surface area contributed by atoms with Gasteiger partial charge in [-0.3, -0.25) is 0 Å². The van der Waals surface area contributed by atoms with Crippen molar-refractivity contribution in [2.45, 2.75) is 11.3 Å². The van der Waals surface area contributed by atoms with Crippen molar-refractivity contribution < 1.29 is 0 Å². The molecule has 1 nitrogen and oxygen atoms in total. The van der Waals surface area contributed by atoms with Crippen LogP contribution in [0.15, 0.2) is 41.3 Å². The maximum Gasteiger partial charge on any atom is 0.0406 e. The fraction of sp³-hybridized carbons (Fsp3) is 0.273. The van der Waals surface area contributed by atoms with Crippen LogP contribution in [0.2, 0.25) is 5.02 Å². The lowest BCUT2D eigenvalue weighted by atomic mass is 10.3. The molecule has 1 aromatic rings. The molecule has 0 radical (unpaired) electrons. The Hall–Kier alpha value is -0.440. The summed E-state index contributed by atoms with van der Waals surface area (Å²) < 4.78 is 0. The van der Waals surface area contributed by atoms with Gasteiger partial charge in [0.1, 0.15) is 0 Å². The number of thiol groups is 1. The van der Waals surface area contributed by atoms with Crippen LogP contribution in [-0.2, 0) is 0 Å². The van der Waals surface area contributed by atoms with Gasteiger partial charge in [0.15, 0.2) is 0 Å². The standard InChI is InChI=1S/C6H5ClS.C5H9N/c7-5-1-3-6(8)4-2-5;1-5-2-3-6-4-5/h1-4,8H;6H,1-4H2. The Balaban J connectivity index is 0.000000146. The van der Waals surface area contributed by atoms with Crippen LogP contribution in [0.5, 0.6) is 0 Å². The first-order valence-corrected chi connectivity index (χ1v) is 5.33. The highest BCUT2D eigenvalue weighted by atomic mass is 35.5. The molecule has 0 aromatic heterocycles. The van der Waals surface area contributed by atoms with E-state index < -0.39 is 0 Å².